The topological polar surface area (TPSA) is 34.1 Å². The van der Waals surface area contributed by atoms with E-state index in [0.29, 0.717) is 18.4 Å². The standard InChI is InChI=1S/C18H17BrO2/c1-13(20)7-12-17(14-5-3-2-4-6-14)18(21)15-8-10-16(19)11-9-15/h2-6,8-11,17H,7,12H2,1H3. The summed E-state index contributed by atoms with van der Waals surface area (Å²) in [5, 5.41) is 0. The minimum Gasteiger partial charge on any atom is -0.300 e. The van der Waals surface area contributed by atoms with E-state index in [4.69, 9.17) is 0 Å². The predicted molar refractivity (Wildman–Crippen MR) is 87.6 cm³/mol. The number of hydrogen-bond donors (Lipinski definition) is 0. The largest absolute Gasteiger partial charge is 0.300 e. The maximum Gasteiger partial charge on any atom is 0.170 e. The fourth-order valence-corrected chi connectivity index (χ4v) is 2.56. The Morgan fingerprint density at radius 3 is 2.19 bits per heavy atom. The third-order valence-corrected chi connectivity index (χ3v) is 3.96. The Kier molecular flexibility index (Phi) is 5.45. The highest BCUT2D eigenvalue weighted by atomic mass is 79.9. The molecule has 0 amide bonds. The van der Waals surface area contributed by atoms with Crippen LogP contribution in [0.2, 0.25) is 0 Å². The second-order valence-corrected chi connectivity index (χ2v) is 5.99. The molecule has 0 saturated carbocycles. The molecule has 2 nitrogen and oxygen atoms in total. The summed E-state index contributed by atoms with van der Waals surface area (Å²) < 4.78 is 0.944. The molecule has 0 bridgehead atoms. The molecule has 0 N–H and O–H groups in total. The lowest BCUT2D eigenvalue weighted by Gasteiger charge is -2.16. The first-order chi connectivity index (χ1) is 10.1. The molecular weight excluding hydrogens is 328 g/mol. The van der Waals surface area contributed by atoms with Crippen LogP contribution in [0.3, 0.4) is 0 Å². The van der Waals surface area contributed by atoms with Crippen molar-refractivity contribution in [1.29, 1.82) is 0 Å². The third kappa shape index (κ3) is 4.36. The lowest BCUT2D eigenvalue weighted by atomic mass is 9.86. The first-order valence-corrected chi connectivity index (χ1v) is 7.71. The van der Waals surface area contributed by atoms with Gasteiger partial charge in [0.05, 0.1) is 0 Å². The van der Waals surface area contributed by atoms with Gasteiger partial charge in [-0.05, 0) is 31.0 Å². The van der Waals surface area contributed by atoms with Gasteiger partial charge in [0.2, 0.25) is 0 Å². The molecule has 2 aromatic carbocycles. The van der Waals surface area contributed by atoms with E-state index in [1.807, 2.05) is 54.6 Å². The van der Waals surface area contributed by atoms with Crippen molar-refractivity contribution in [2.45, 2.75) is 25.7 Å². The highest BCUT2D eigenvalue weighted by Crippen LogP contribution is 2.26. The van der Waals surface area contributed by atoms with Crippen LogP contribution in [0.5, 0.6) is 0 Å². The second-order valence-electron chi connectivity index (χ2n) is 5.08. The third-order valence-electron chi connectivity index (χ3n) is 3.43. The molecule has 0 aliphatic rings. The van der Waals surface area contributed by atoms with E-state index in [-0.39, 0.29) is 17.5 Å². The van der Waals surface area contributed by atoms with Crippen molar-refractivity contribution in [2.75, 3.05) is 0 Å². The predicted octanol–water partition coefficient (Wildman–Crippen LogP) is 4.78. The van der Waals surface area contributed by atoms with Crippen molar-refractivity contribution in [1.82, 2.24) is 0 Å². The molecule has 1 unspecified atom stereocenters. The molecule has 2 rings (SSSR count). The van der Waals surface area contributed by atoms with Crippen LogP contribution in [0.4, 0.5) is 0 Å². The molecule has 0 aromatic heterocycles. The van der Waals surface area contributed by atoms with Crippen LogP contribution in [-0.2, 0) is 4.79 Å². The molecule has 0 aliphatic heterocycles. The first-order valence-electron chi connectivity index (χ1n) is 6.92. The van der Waals surface area contributed by atoms with E-state index in [9.17, 15) is 9.59 Å². The Labute approximate surface area is 133 Å². The zero-order valence-corrected chi connectivity index (χ0v) is 13.5. The zero-order valence-electron chi connectivity index (χ0n) is 11.9. The van der Waals surface area contributed by atoms with Crippen molar-refractivity contribution in [3.05, 3.63) is 70.2 Å². The second kappa shape index (κ2) is 7.32. The van der Waals surface area contributed by atoms with Crippen LogP contribution < -0.4 is 0 Å². The number of rotatable bonds is 6. The van der Waals surface area contributed by atoms with Crippen molar-refractivity contribution < 1.29 is 9.59 Å². The molecule has 3 heteroatoms. The molecule has 1 atom stereocenters. The van der Waals surface area contributed by atoms with Gasteiger partial charge in [-0.1, -0.05) is 58.4 Å². The van der Waals surface area contributed by atoms with Gasteiger partial charge in [0.1, 0.15) is 5.78 Å². The molecule has 21 heavy (non-hydrogen) atoms. The van der Waals surface area contributed by atoms with Crippen LogP contribution in [0.1, 0.15) is 41.6 Å². The Morgan fingerprint density at radius 1 is 1.00 bits per heavy atom. The van der Waals surface area contributed by atoms with E-state index in [0.717, 1.165) is 10.0 Å². The minimum atomic E-state index is -0.267. The van der Waals surface area contributed by atoms with E-state index in [1.54, 1.807) is 6.92 Å². The van der Waals surface area contributed by atoms with Crippen LogP contribution in [-0.4, -0.2) is 11.6 Å². The number of benzene rings is 2. The van der Waals surface area contributed by atoms with Crippen molar-refractivity contribution in [3.63, 3.8) is 0 Å². The molecule has 0 heterocycles. The molecule has 0 spiro atoms. The maximum absolute atomic E-state index is 12.7. The van der Waals surface area contributed by atoms with Gasteiger partial charge in [-0.25, -0.2) is 0 Å². The van der Waals surface area contributed by atoms with Gasteiger partial charge in [-0.15, -0.1) is 0 Å². The number of halogens is 1. The summed E-state index contributed by atoms with van der Waals surface area (Å²) in [5.41, 5.74) is 1.64. The maximum atomic E-state index is 12.7. The van der Waals surface area contributed by atoms with E-state index in [2.05, 4.69) is 15.9 Å². The highest BCUT2D eigenvalue weighted by molar-refractivity contribution is 9.10. The van der Waals surface area contributed by atoms with Crippen molar-refractivity contribution in [3.8, 4) is 0 Å². The molecule has 0 saturated heterocycles. The van der Waals surface area contributed by atoms with Crippen molar-refractivity contribution in [2.24, 2.45) is 0 Å². The van der Waals surface area contributed by atoms with E-state index < -0.39 is 0 Å². The molecule has 0 radical (unpaired) electrons. The molecule has 0 aliphatic carbocycles. The number of carbonyl (C=O) groups excluding carboxylic acids is 2. The highest BCUT2D eigenvalue weighted by Gasteiger charge is 2.22. The summed E-state index contributed by atoms with van der Waals surface area (Å²) in [6.45, 7) is 1.56. The quantitative estimate of drug-likeness (QED) is 0.706. The molecule has 0 fully saturated rings. The lowest BCUT2D eigenvalue weighted by molar-refractivity contribution is -0.117. The van der Waals surface area contributed by atoms with Gasteiger partial charge in [0.15, 0.2) is 5.78 Å². The smallest absolute Gasteiger partial charge is 0.170 e. The van der Waals surface area contributed by atoms with Gasteiger partial charge in [0, 0.05) is 22.4 Å². The van der Waals surface area contributed by atoms with Crippen molar-refractivity contribution >= 4 is 27.5 Å². The molecule has 108 valence electrons. The Hall–Kier alpha value is -1.74. The van der Waals surface area contributed by atoms with Gasteiger partial charge in [-0.3, -0.25) is 4.79 Å². The zero-order chi connectivity index (χ0) is 15.2. The van der Waals surface area contributed by atoms with Crippen LogP contribution in [0.15, 0.2) is 59.1 Å². The number of Topliss-reactive ketones (excluding diaryl/α,β-unsaturated/α-hetero) is 2. The summed E-state index contributed by atoms with van der Waals surface area (Å²) in [5.74, 6) is -0.0919. The summed E-state index contributed by atoms with van der Waals surface area (Å²) in [6.07, 6.45) is 0.968. The SMILES string of the molecule is CC(=O)CCC(C(=O)c1ccc(Br)cc1)c1ccccc1. The number of ketones is 2. The Balaban J connectivity index is 2.28. The van der Waals surface area contributed by atoms with Gasteiger partial charge < -0.3 is 4.79 Å². The minimum absolute atomic E-state index is 0.0648. The average Bonchev–Trinajstić information content (AvgIpc) is 2.49. The Bertz CT molecular complexity index is 617. The van der Waals surface area contributed by atoms with Gasteiger partial charge >= 0.3 is 0 Å². The average molecular weight is 345 g/mol. The normalized spacial score (nSPS) is 11.9. The number of carbonyl (C=O) groups is 2. The Morgan fingerprint density at radius 2 is 1.62 bits per heavy atom. The monoisotopic (exact) mass is 344 g/mol. The van der Waals surface area contributed by atoms with Crippen LogP contribution >= 0.6 is 15.9 Å². The lowest BCUT2D eigenvalue weighted by Crippen LogP contribution is -2.14. The summed E-state index contributed by atoms with van der Waals surface area (Å²) in [6, 6.07) is 17.0. The molecular formula is C18H17BrO2. The summed E-state index contributed by atoms with van der Waals surface area (Å²) in [7, 11) is 0. The summed E-state index contributed by atoms with van der Waals surface area (Å²) in [4.78, 5) is 24.0. The van der Waals surface area contributed by atoms with Crippen LogP contribution in [0, 0.1) is 0 Å². The fraction of sp³-hybridized carbons (Fsp3) is 0.222. The van der Waals surface area contributed by atoms with E-state index in [1.165, 1.54) is 0 Å². The summed E-state index contributed by atoms with van der Waals surface area (Å²) >= 11 is 3.37. The van der Waals surface area contributed by atoms with Crippen LogP contribution in [0.25, 0.3) is 0 Å². The van der Waals surface area contributed by atoms with Gasteiger partial charge in [-0.2, -0.15) is 0 Å². The molecule has 2 aromatic rings. The first kappa shape index (κ1) is 15.6. The fourth-order valence-electron chi connectivity index (χ4n) is 2.30. The van der Waals surface area contributed by atoms with Gasteiger partial charge in [0.25, 0.3) is 0 Å². The number of hydrogen-bond acceptors (Lipinski definition) is 2. The van der Waals surface area contributed by atoms with E-state index >= 15 is 0 Å².